The third-order valence-electron chi connectivity index (χ3n) is 5.37. The quantitative estimate of drug-likeness (QED) is 0.512. The number of ether oxygens (including phenoxy) is 1. The first-order valence-corrected chi connectivity index (χ1v) is 9.98. The van der Waals surface area contributed by atoms with Crippen molar-refractivity contribution in [3.8, 4) is 11.1 Å². The van der Waals surface area contributed by atoms with Crippen molar-refractivity contribution in [3.63, 3.8) is 0 Å². The number of aliphatic carboxylic acids is 1. The molecule has 1 atom stereocenters. The molecule has 3 rings (SSSR count). The molecular weight excluding hydrogens is 400 g/mol. The Morgan fingerprint density at radius 1 is 1.00 bits per heavy atom. The van der Waals surface area contributed by atoms with E-state index < -0.39 is 36.0 Å². The lowest BCUT2D eigenvalue weighted by Gasteiger charge is -2.24. The van der Waals surface area contributed by atoms with Gasteiger partial charge in [-0.1, -0.05) is 48.5 Å². The number of hydrogen-bond donors (Lipinski definition) is 4. The van der Waals surface area contributed by atoms with Crippen LogP contribution in [-0.2, 0) is 14.3 Å². The Morgan fingerprint density at radius 3 is 2.10 bits per heavy atom. The molecule has 0 heterocycles. The second-order valence-electron chi connectivity index (χ2n) is 8.13. The number of carboxylic acid groups (broad SMARTS) is 1. The third kappa shape index (κ3) is 5.03. The van der Waals surface area contributed by atoms with Crippen LogP contribution in [0.5, 0.6) is 0 Å². The number of fused-ring (bicyclic) bond motifs is 3. The fourth-order valence-corrected chi connectivity index (χ4v) is 3.54. The number of benzene rings is 2. The van der Waals surface area contributed by atoms with Gasteiger partial charge in [0.1, 0.15) is 6.61 Å². The zero-order valence-electron chi connectivity index (χ0n) is 17.4. The largest absolute Gasteiger partial charge is 0.479 e. The summed E-state index contributed by atoms with van der Waals surface area (Å²) in [7, 11) is 0. The molecule has 0 bridgehead atoms. The lowest BCUT2D eigenvalue weighted by atomic mass is 9.92. The van der Waals surface area contributed by atoms with E-state index in [1.807, 2.05) is 36.4 Å². The average molecular weight is 426 g/mol. The lowest BCUT2D eigenvalue weighted by molar-refractivity contribution is -0.146. The van der Waals surface area contributed by atoms with Crippen LogP contribution in [0.1, 0.15) is 30.9 Å². The molecule has 2 aromatic carbocycles. The standard InChI is InChI=1S/C23H26N2O6/c1-23(2,21(29)24-11-19(26)20(27)28)13-25-22(30)31-12-18-16-9-5-3-7-14(16)15-8-4-6-10-17(15)18/h3-10,18-19,26H,11-13H2,1-2H3,(H,24,29)(H,25,30)(H,27,28)/t19-/m0/s1. The van der Waals surface area contributed by atoms with Crippen LogP contribution < -0.4 is 10.6 Å². The molecule has 8 heteroatoms. The minimum atomic E-state index is -1.69. The lowest BCUT2D eigenvalue weighted by Crippen LogP contribution is -2.47. The average Bonchev–Trinajstić information content (AvgIpc) is 3.08. The van der Waals surface area contributed by atoms with Crippen molar-refractivity contribution in [2.75, 3.05) is 19.7 Å². The summed E-state index contributed by atoms with van der Waals surface area (Å²) >= 11 is 0. The number of hydrogen-bond acceptors (Lipinski definition) is 5. The van der Waals surface area contributed by atoms with E-state index in [0.717, 1.165) is 22.3 Å². The molecule has 0 aromatic heterocycles. The Balaban J connectivity index is 1.54. The van der Waals surface area contributed by atoms with Gasteiger partial charge in [-0.05, 0) is 36.1 Å². The molecule has 0 aliphatic heterocycles. The van der Waals surface area contributed by atoms with E-state index in [1.165, 1.54) is 0 Å². The third-order valence-corrected chi connectivity index (χ3v) is 5.37. The van der Waals surface area contributed by atoms with Gasteiger partial charge < -0.3 is 25.6 Å². The van der Waals surface area contributed by atoms with Gasteiger partial charge in [-0.2, -0.15) is 0 Å². The maximum absolute atomic E-state index is 12.3. The summed E-state index contributed by atoms with van der Waals surface area (Å²) in [6, 6.07) is 16.0. The normalized spacial score (nSPS) is 13.6. The maximum atomic E-state index is 12.3. The number of nitrogens with one attached hydrogen (secondary N) is 2. The predicted molar refractivity (Wildman–Crippen MR) is 114 cm³/mol. The van der Waals surface area contributed by atoms with E-state index in [1.54, 1.807) is 13.8 Å². The summed E-state index contributed by atoms with van der Waals surface area (Å²) in [6.07, 6.45) is -2.33. The van der Waals surface area contributed by atoms with Gasteiger partial charge in [0.15, 0.2) is 6.10 Å². The molecule has 164 valence electrons. The van der Waals surface area contributed by atoms with Gasteiger partial charge in [0.2, 0.25) is 5.91 Å². The molecule has 8 nitrogen and oxygen atoms in total. The minimum absolute atomic E-state index is 0.0152. The molecule has 31 heavy (non-hydrogen) atoms. The van der Waals surface area contributed by atoms with Crippen molar-refractivity contribution in [2.45, 2.75) is 25.9 Å². The summed E-state index contributed by atoms with van der Waals surface area (Å²) in [5.41, 5.74) is 3.45. The highest BCUT2D eigenvalue weighted by molar-refractivity contribution is 5.83. The summed E-state index contributed by atoms with van der Waals surface area (Å²) in [6.45, 7) is 2.93. The van der Waals surface area contributed by atoms with Crippen LogP contribution in [0.3, 0.4) is 0 Å². The molecule has 2 aromatic rings. The zero-order chi connectivity index (χ0) is 22.6. The first-order valence-electron chi connectivity index (χ1n) is 9.98. The first kappa shape index (κ1) is 22.3. The Bertz CT molecular complexity index is 942. The van der Waals surface area contributed by atoms with Gasteiger partial charge in [-0.3, -0.25) is 4.79 Å². The van der Waals surface area contributed by atoms with Crippen molar-refractivity contribution in [1.29, 1.82) is 0 Å². The van der Waals surface area contributed by atoms with Crippen molar-refractivity contribution >= 4 is 18.0 Å². The highest BCUT2D eigenvalue weighted by Gasteiger charge is 2.31. The number of carbonyl (C=O) groups is 3. The van der Waals surface area contributed by atoms with Crippen molar-refractivity contribution in [2.24, 2.45) is 5.41 Å². The second kappa shape index (κ2) is 9.18. The predicted octanol–water partition coefficient (Wildman–Crippen LogP) is 2.11. The summed E-state index contributed by atoms with van der Waals surface area (Å²) in [5, 5.41) is 22.9. The van der Waals surface area contributed by atoms with Gasteiger partial charge in [0.05, 0.1) is 12.0 Å². The molecular formula is C23H26N2O6. The van der Waals surface area contributed by atoms with Gasteiger partial charge in [0.25, 0.3) is 0 Å². The molecule has 0 saturated carbocycles. The van der Waals surface area contributed by atoms with E-state index in [4.69, 9.17) is 9.84 Å². The van der Waals surface area contributed by atoms with Crippen molar-refractivity contribution in [1.82, 2.24) is 10.6 Å². The highest BCUT2D eigenvalue weighted by Crippen LogP contribution is 2.44. The van der Waals surface area contributed by atoms with Gasteiger partial charge in [-0.25, -0.2) is 9.59 Å². The smallest absolute Gasteiger partial charge is 0.407 e. The first-order chi connectivity index (χ1) is 14.7. The van der Waals surface area contributed by atoms with Gasteiger partial charge in [-0.15, -0.1) is 0 Å². The van der Waals surface area contributed by atoms with Crippen LogP contribution >= 0.6 is 0 Å². The van der Waals surface area contributed by atoms with Crippen LogP contribution in [0.25, 0.3) is 11.1 Å². The second-order valence-corrected chi connectivity index (χ2v) is 8.13. The molecule has 0 fully saturated rings. The van der Waals surface area contributed by atoms with E-state index in [9.17, 15) is 19.5 Å². The van der Waals surface area contributed by atoms with E-state index >= 15 is 0 Å². The SMILES string of the molecule is CC(C)(CNC(=O)OCC1c2ccccc2-c2ccccc21)C(=O)NC[C@H](O)C(=O)O. The molecule has 0 spiro atoms. The molecule has 1 aliphatic carbocycles. The number of aliphatic hydroxyl groups excluding tert-OH is 1. The fourth-order valence-electron chi connectivity index (χ4n) is 3.54. The van der Waals surface area contributed by atoms with Crippen LogP contribution in [0.15, 0.2) is 48.5 Å². The van der Waals surface area contributed by atoms with Gasteiger partial charge >= 0.3 is 12.1 Å². The summed E-state index contributed by atoms with van der Waals surface area (Å²) < 4.78 is 5.45. The summed E-state index contributed by atoms with van der Waals surface area (Å²) in [4.78, 5) is 35.1. The van der Waals surface area contributed by atoms with Gasteiger partial charge in [0, 0.05) is 12.5 Å². The van der Waals surface area contributed by atoms with Crippen LogP contribution in [0.2, 0.25) is 0 Å². The van der Waals surface area contributed by atoms with Crippen LogP contribution in [0.4, 0.5) is 4.79 Å². The Labute approximate surface area is 180 Å². The number of carboxylic acids is 1. The summed E-state index contributed by atoms with van der Waals surface area (Å²) in [5.74, 6) is -1.98. The number of aliphatic hydroxyl groups is 1. The number of rotatable bonds is 8. The van der Waals surface area contributed by atoms with E-state index in [-0.39, 0.29) is 19.1 Å². The minimum Gasteiger partial charge on any atom is -0.479 e. The Kier molecular flexibility index (Phi) is 6.60. The van der Waals surface area contributed by atoms with Crippen molar-refractivity contribution < 1.29 is 29.3 Å². The number of alkyl carbamates (subject to hydrolysis) is 1. The van der Waals surface area contributed by atoms with Crippen molar-refractivity contribution in [3.05, 3.63) is 59.7 Å². The molecule has 0 radical (unpaired) electrons. The zero-order valence-corrected chi connectivity index (χ0v) is 17.4. The Morgan fingerprint density at radius 2 is 1.55 bits per heavy atom. The maximum Gasteiger partial charge on any atom is 0.407 e. The fraction of sp³-hybridized carbons (Fsp3) is 0.348. The molecule has 2 amide bonds. The molecule has 0 saturated heterocycles. The van der Waals surface area contributed by atoms with Crippen LogP contribution in [0, 0.1) is 5.41 Å². The monoisotopic (exact) mass is 426 g/mol. The van der Waals surface area contributed by atoms with E-state index in [2.05, 4.69) is 22.8 Å². The van der Waals surface area contributed by atoms with E-state index in [0.29, 0.717) is 0 Å². The molecule has 4 N–H and O–H groups in total. The topological polar surface area (TPSA) is 125 Å². The highest BCUT2D eigenvalue weighted by atomic mass is 16.5. The van der Waals surface area contributed by atoms with Crippen LogP contribution in [-0.4, -0.2) is 54.0 Å². The number of carbonyl (C=O) groups excluding carboxylic acids is 2. The molecule has 1 aliphatic rings. The molecule has 0 unspecified atom stereocenters. The Hall–Kier alpha value is -3.39. The number of amides is 2.